The number of nitrogens with zero attached hydrogens (tertiary/aromatic N) is 5. The van der Waals surface area contributed by atoms with Crippen LogP contribution in [0.15, 0.2) is 16.4 Å². The molecule has 12 atom stereocenters. The molecule has 0 bridgehead atoms. The maximum atomic E-state index is 17.2. The second-order valence-corrected chi connectivity index (χ2v) is 17.8. The number of methoxy groups -OCH3 is 1. The highest BCUT2D eigenvalue weighted by Crippen LogP contribution is 2.43. The van der Waals surface area contributed by atoms with E-state index in [1.807, 2.05) is 39.8 Å². The maximum absolute atomic E-state index is 17.2. The first-order valence-corrected chi connectivity index (χ1v) is 20.5. The average Bonchev–Trinajstić information content (AvgIpc) is 3.38. The molecule has 4 unspecified atom stereocenters. The van der Waals surface area contributed by atoms with Gasteiger partial charge in [0.15, 0.2) is 20.4 Å². The first kappa shape index (κ1) is 47.8. The number of rotatable bonds is 21. The SMILES string of the molecule is CC[C@@H](O)[C@@]1(C)OC(=O)N(CCCCN=[N+]=[N-])[C@@H]1[C@@H](C)NCC(C)(F)C[C@@](C)(OC)[C@H](O[C@@H]1OC(C)CC(N(C)C)C1P=O)[C@@H](C)C1=C(C)C(=O)OC(C)(C)O1. The van der Waals surface area contributed by atoms with Gasteiger partial charge in [-0.2, -0.15) is 0 Å². The zero-order chi connectivity index (χ0) is 42.4. The number of hydrogen-bond donors (Lipinski definition) is 2. The third-order valence-corrected chi connectivity index (χ3v) is 12.3. The van der Waals surface area contributed by atoms with Crippen molar-refractivity contribution in [1.29, 1.82) is 0 Å². The summed E-state index contributed by atoms with van der Waals surface area (Å²) >= 11 is 0. The van der Waals surface area contributed by atoms with Crippen molar-refractivity contribution in [2.75, 3.05) is 40.8 Å². The number of nitrogens with one attached hydrogen (secondary N) is 1. The molecule has 0 aliphatic carbocycles. The zero-order valence-corrected chi connectivity index (χ0v) is 36.4. The molecule has 0 aromatic heterocycles. The number of unbranched alkanes of at least 4 members (excludes halogenated alkanes) is 1. The Bertz CT molecular complexity index is 1470. The molecule has 2 saturated heterocycles. The Morgan fingerprint density at radius 2 is 1.86 bits per heavy atom. The Morgan fingerprint density at radius 1 is 1.20 bits per heavy atom. The molecule has 2 N–H and O–H groups in total. The predicted octanol–water partition coefficient (Wildman–Crippen LogP) is 6.26. The molecular formula is C38H66FN6O10P. The standard InChI is InChI=1S/C38H66FN6O10P/c1-14-27(46)38(10)30(45(34(48)55-38)18-16-15-17-42-43-40)25(5)41-21-36(8,39)20-37(9,50-13)31(23(3)28-24(4)32(47)54-35(6,7)53-28)52-33-29(56-49)26(44(11)12)19-22(2)51-33/h22-23,25-27,29-31,33,41,46H,14-21H2,1-13H3/t22?,23-,25+,26?,27+,29?,30+,31+,33-,36?,37+,38+/m0/s1. The van der Waals surface area contributed by atoms with Crippen molar-refractivity contribution < 1.29 is 52.1 Å². The summed E-state index contributed by atoms with van der Waals surface area (Å²) in [5.41, 5.74) is 3.63. The number of azide groups is 1. The number of alkyl halides is 1. The van der Waals surface area contributed by atoms with Crippen LogP contribution in [0, 0.1) is 5.92 Å². The van der Waals surface area contributed by atoms with Crippen LogP contribution in [0.4, 0.5) is 9.18 Å². The lowest BCUT2D eigenvalue weighted by molar-refractivity contribution is -0.268. The van der Waals surface area contributed by atoms with Crippen LogP contribution in [0.3, 0.4) is 0 Å². The van der Waals surface area contributed by atoms with Gasteiger partial charge in [0, 0.05) is 69.9 Å². The second-order valence-electron chi connectivity index (χ2n) is 17.0. The number of ether oxygens (including phenoxy) is 6. The Morgan fingerprint density at radius 3 is 2.43 bits per heavy atom. The van der Waals surface area contributed by atoms with Gasteiger partial charge >= 0.3 is 12.1 Å². The van der Waals surface area contributed by atoms with Crippen LogP contribution < -0.4 is 5.32 Å². The van der Waals surface area contributed by atoms with E-state index in [0.717, 1.165) is 0 Å². The summed E-state index contributed by atoms with van der Waals surface area (Å²) in [5.74, 6) is -2.24. The summed E-state index contributed by atoms with van der Waals surface area (Å²) in [6.45, 7) is 17.4. The maximum Gasteiger partial charge on any atom is 0.410 e. The lowest BCUT2D eigenvalue weighted by Gasteiger charge is -2.48. The number of amides is 1. The third kappa shape index (κ3) is 11.1. The molecule has 0 aromatic carbocycles. The van der Waals surface area contributed by atoms with E-state index in [1.165, 1.54) is 14.0 Å². The minimum Gasteiger partial charge on any atom is -0.456 e. The minimum absolute atomic E-state index is 0.153. The minimum atomic E-state index is -1.97. The van der Waals surface area contributed by atoms with E-state index in [1.54, 1.807) is 46.4 Å². The van der Waals surface area contributed by atoms with Crippen LogP contribution in [-0.2, 0) is 37.8 Å². The van der Waals surface area contributed by atoms with Gasteiger partial charge in [0.25, 0.3) is 0 Å². The molecule has 0 radical (unpaired) electrons. The topological polar surface area (TPSA) is 194 Å². The summed E-state index contributed by atoms with van der Waals surface area (Å²) in [4.78, 5) is 32.5. The highest BCUT2D eigenvalue weighted by molar-refractivity contribution is 7.25. The van der Waals surface area contributed by atoms with Gasteiger partial charge in [-0.05, 0) is 86.9 Å². The second kappa shape index (κ2) is 19.4. The van der Waals surface area contributed by atoms with Crippen molar-refractivity contribution in [1.82, 2.24) is 15.1 Å². The molecule has 16 nitrogen and oxygen atoms in total. The molecule has 3 heterocycles. The number of halogens is 1. The number of hydrogen-bond acceptors (Lipinski definition) is 13. The molecule has 1 amide bonds. The van der Waals surface area contributed by atoms with Crippen LogP contribution in [0.1, 0.15) is 101 Å². The Kier molecular flexibility index (Phi) is 16.6. The predicted molar refractivity (Wildman–Crippen MR) is 208 cm³/mol. The molecular weight excluding hydrogens is 750 g/mol. The zero-order valence-electron chi connectivity index (χ0n) is 35.5. The number of cyclic esters (lactones) is 2. The molecule has 0 aromatic rings. The first-order valence-electron chi connectivity index (χ1n) is 19.6. The number of carbonyl (C=O) groups excluding carboxylic acids is 2. The smallest absolute Gasteiger partial charge is 0.410 e. The van der Waals surface area contributed by atoms with Gasteiger partial charge in [-0.3, -0.25) is 9.46 Å². The fraction of sp³-hybridized carbons (Fsp3) is 0.895. The van der Waals surface area contributed by atoms with Crippen LogP contribution >= 0.6 is 8.46 Å². The summed E-state index contributed by atoms with van der Waals surface area (Å²) < 4.78 is 66.8. The molecule has 18 heteroatoms. The monoisotopic (exact) mass is 816 g/mol. The quantitative estimate of drug-likeness (QED) is 0.0330. The van der Waals surface area contributed by atoms with E-state index < -0.39 is 76.9 Å². The van der Waals surface area contributed by atoms with Gasteiger partial charge in [-0.15, -0.1) is 0 Å². The van der Waals surface area contributed by atoms with Gasteiger partial charge in [-0.25, -0.2) is 14.0 Å². The lowest BCUT2D eigenvalue weighted by Crippen LogP contribution is -2.61. The van der Waals surface area contributed by atoms with E-state index in [9.17, 15) is 19.3 Å². The molecule has 56 heavy (non-hydrogen) atoms. The number of aliphatic hydroxyl groups is 1. The van der Waals surface area contributed by atoms with Crippen molar-refractivity contribution >= 4 is 20.5 Å². The van der Waals surface area contributed by atoms with E-state index in [-0.39, 0.29) is 52.2 Å². The van der Waals surface area contributed by atoms with Crippen molar-refractivity contribution in [3.05, 3.63) is 21.8 Å². The van der Waals surface area contributed by atoms with Gasteiger partial charge in [0.2, 0.25) is 5.79 Å². The van der Waals surface area contributed by atoms with Crippen molar-refractivity contribution in [3.8, 4) is 0 Å². The van der Waals surface area contributed by atoms with Crippen molar-refractivity contribution in [3.63, 3.8) is 0 Å². The third-order valence-electron chi connectivity index (χ3n) is 11.5. The average molecular weight is 817 g/mol. The lowest BCUT2D eigenvalue weighted by atomic mass is 9.79. The Balaban J connectivity index is 1.97. The highest BCUT2D eigenvalue weighted by Gasteiger charge is 2.57. The van der Waals surface area contributed by atoms with Crippen LogP contribution in [0.2, 0.25) is 0 Å². The van der Waals surface area contributed by atoms with E-state index in [2.05, 4.69) is 15.3 Å². The Labute approximate surface area is 333 Å². The normalized spacial score (nSPS) is 31.1. The summed E-state index contributed by atoms with van der Waals surface area (Å²) in [5, 5.41) is 17.9. The molecule has 3 aliphatic heterocycles. The van der Waals surface area contributed by atoms with Crippen molar-refractivity contribution in [2.24, 2.45) is 11.0 Å². The van der Waals surface area contributed by atoms with Crippen molar-refractivity contribution in [2.45, 2.75) is 172 Å². The number of aliphatic hydroxyl groups excluding tert-OH is 1. The van der Waals surface area contributed by atoms with Gasteiger partial charge in [0.1, 0.15) is 17.1 Å². The Hall–Kier alpha value is -2.62. The van der Waals surface area contributed by atoms with Gasteiger partial charge in [-0.1, -0.05) is 19.0 Å². The van der Waals surface area contributed by atoms with Crippen LogP contribution in [-0.4, -0.2) is 139 Å². The van der Waals surface area contributed by atoms with E-state index in [4.69, 9.17) is 34.0 Å². The fourth-order valence-electron chi connectivity index (χ4n) is 8.52. The first-order chi connectivity index (χ1) is 26.0. The molecule has 3 rings (SSSR count). The van der Waals surface area contributed by atoms with Crippen LogP contribution in [0.5, 0.6) is 0 Å². The summed E-state index contributed by atoms with van der Waals surface area (Å²) in [6.07, 6.45) is -2.01. The van der Waals surface area contributed by atoms with Gasteiger partial charge < -0.3 is 43.7 Å². The summed E-state index contributed by atoms with van der Waals surface area (Å²) in [6, 6.07) is -1.36. The fourth-order valence-corrected chi connectivity index (χ4v) is 9.29. The molecule has 2 fully saturated rings. The van der Waals surface area contributed by atoms with Crippen LogP contribution in [0.25, 0.3) is 10.4 Å². The largest absolute Gasteiger partial charge is 0.456 e. The molecule has 3 aliphatic rings. The molecule has 0 saturated carbocycles. The summed E-state index contributed by atoms with van der Waals surface area (Å²) in [7, 11) is 5.09. The number of carbonyl (C=O) groups is 2. The van der Waals surface area contributed by atoms with E-state index >= 15 is 4.39 Å². The highest BCUT2D eigenvalue weighted by atomic mass is 31.1. The number of esters is 1. The molecule has 0 spiro atoms. The van der Waals surface area contributed by atoms with E-state index in [0.29, 0.717) is 31.4 Å². The van der Waals surface area contributed by atoms with Gasteiger partial charge in [0.05, 0.1) is 35.5 Å². The molecule has 320 valence electrons.